The Bertz CT molecular complexity index is 281. The van der Waals surface area contributed by atoms with E-state index in [-0.39, 0.29) is 18.0 Å². The topological polar surface area (TPSA) is 78.4 Å². The van der Waals surface area contributed by atoms with Crippen LogP contribution in [0.5, 0.6) is 0 Å². The monoisotopic (exact) mass is 226 g/mol. The Morgan fingerprint density at radius 2 is 1.31 bits per heavy atom. The lowest BCUT2D eigenvalue weighted by Crippen LogP contribution is -2.44. The Labute approximate surface area is 94.6 Å². The number of hydrogen-bond acceptors (Lipinski definition) is 2. The Morgan fingerprint density at radius 1 is 0.875 bits per heavy atom. The van der Waals surface area contributed by atoms with E-state index in [9.17, 15) is 9.59 Å². The fourth-order valence-electron chi connectivity index (χ4n) is 2.12. The molecule has 2 amide bonds. The van der Waals surface area contributed by atoms with Crippen molar-refractivity contribution in [3.63, 3.8) is 0 Å². The third kappa shape index (κ3) is 3.12. The number of carbonyl (C=O) groups is 2. The Kier molecular flexibility index (Phi) is 3.31. The zero-order valence-electron chi connectivity index (χ0n) is 9.24. The molecule has 0 aromatic heterocycles. The summed E-state index contributed by atoms with van der Waals surface area (Å²) in [5.74, 6) is -0.926. The van der Waals surface area contributed by atoms with E-state index in [1.54, 1.807) is 0 Å². The van der Waals surface area contributed by atoms with Crippen LogP contribution < -0.4 is 10.6 Å². The molecule has 5 heteroatoms. The number of carboxylic acid groups (broad SMARTS) is 1. The summed E-state index contributed by atoms with van der Waals surface area (Å²) in [6.45, 7) is 0. The maximum Gasteiger partial charge on any atom is 0.315 e. The quantitative estimate of drug-likeness (QED) is 0.674. The smallest absolute Gasteiger partial charge is 0.315 e. The second kappa shape index (κ2) is 4.72. The molecule has 0 saturated heterocycles. The van der Waals surface area contributed by atoms with E-state index in [0.29, 0.717) is 18.9 Å². The molecule has 16 heavy (non-hydrogen) atoms. The fourth-order valence-corrected chi connectivity index (χ4v) is 2.12. The molecule has 0 heterocycles. The zero-order valence-corrected chi connectivity index (χ0v) is 9.24. The highest BCUT2D eigenvalue weighted by Gasteiger charge is 2.28. The predicted octanol–water partition coefficient (Wildman–Crippen LogP) is 1.09. The first-order chi connectivity index (χ1) is 7.65. The molecule has 2 fully saturated rings. The molecule has 0 aromatic carbocycles. The first-order valence-electron chi connectivity index (χ1n) is 5.95. The minimum absolute atomic E-state index is 0.0960. The number of urea groups is 1. The average molecular weight is 226 g/mol. The summed E-state index contributed by atoms with van der Waals surface area (Å²) in [6.07, 6.45) is 5.05. The maximum absolute atomic E-state index is 11.4. The van der Waals surface area contributed by atoms with Crippen molar-refractivity contribution in [2.24, 2.45) is 5.92 Å². The number of carboxylic acids is 1. The molecule has 0 radical (unpaired) electrons. The maximum atomic E-state index is 11.4. The van der Waals surface area contributed by atoms with Crippen LogP contribution in [0.2, 0.25) is 0 Å². The number of amides is 2. The summed E-state index contributed by atoms with van der Waals surface area (Å²) >= 11 is 0. The molecular formula is C11H18N2O3. The minimum Gasteiger partial charge on any atom is -0.481 e. The van der Waals surface area contributed by atoms with E-state index >= 15 is 0 Å². The molecule has 2 saturated carbocycles. The normalized spacial score (nSPS) is 29.5. The Balaban J connectivity index is 1.67. The van der Waals surface area contributed by atoms with Crippen molar-refractivity contribution in [1.29, 1.82) is 0 Å². The van der Waals surface area contributed by atoms with Crippen molar-refractivity contribution in [3.05, 3.63) is 0 Å². The molecule has 2 rings (SSSR count). The third-order valence-corrected chi connectivity index (χ3v) is 3.32. The van der Waals surface area contributed by atoms with Crippen LogP contribution >= 0.6 is 0 Å². The molecule has 0 spiro atoms. The minimum atomic E-state index is -0.708. The van der Waals surface area contributed by atoms with Gasteiger partial charge in [-0.05, 0) is 38.5 Å². The van der Waals surface area contributed by atoms with E-state index < -0.39 is 5.97 Å². The van der Waals surface area contributed by atoms with E-state index in [4.69, 9.17) is 5.11 Å². The van der Waals surface area contributed by atoms with Gasteiger partial charge in [0.15, 0.2) is 0 Å². The predicted molar refractivity (Wildman–Crippen MR) is 58.1 cm³/mol. The average Bonchev–Trinajstić information content (AvgIpc) is 3.02. The van der Waals surface area contributed by atoms with Crippen LogP contribution in [0.4, 0.5) is 4.79 Å². The Hall–Kier alpha value is -1.26. The van der Waals surface area contributed by atoms with E-state index in [1.807, 2.05) is 0 Å². The molecule has 0 atom stereocenters. The number of hydrogen-bond donors (Lipinski definition) is 3. The van der Waals surface area contributed by atoms with Crippen LogP contribution in [-0.4, -0.2) is 29.2 Å². The summed E-state index contributed by atoms with van der Waals surface area (Å²) in [4.78, 5) is 22.2. The SMILES string of the molecule is O=C(NC1CC1)NC1CCC(C(=O)O)CC1. The third-order valence-electron chi connectivity index (χ3n) is 3.32. The van der Waals surface area contributed by atoms with Crippen molar-refractivity contribution in [1.82, 2.24) is 10.6 Å². The van der Waals surface area contributed by atoms with Gasteiger partial charge in [0.25, 0.3) is 0 Å². The van der Waals surface area contributed by atoms with Crippen LogP contribution in [0.25, 0.3) is 0 Å². The van der Waals surface area contributed by atoms with Crippen LogP contribution in [-0.2, 0) is 4.79 Å². The highest BCUT2D eigenvalue weighted by atomic mass is 16.4. The first-order valence-corrected chi connectivity index (χ1v) is 5.95. The van der Waals surface area contributed by atoms with E-state index in [0.717, 1.165) is 25.7 Å². The largest absolute Gasteiger partial charge is 0.481 e. The van der Waals surface area contributed by atoms with Crippen molar-refractivity contribution in [3.8, 4) is 0 Å². The molecule has 0 bridgehead atoms. The fraction of sp³-hybridized carbons (Fsp3) is 0.818. The molecule has 0 aromatic rings. The zero-order chi connectivity index (χ0) is 11.5. The summed E-state index contributed by atoms with van der Waals surface area (Å²) in [7, 11) is 0. The lowest BCUT2D eigenvalue weighted by Gasteiger charge is -2.26. The van der Waals surface area contributed by atoms with Gasteiger partial charge < -0.3 is 15.7 Å². The molecule has 0 aliphatic heterocycles. The molecule has 2 aliphatic carbocycles. The van der Waals surface area contributed by atoms with Crippen molar-refractivity contribution in [2.45, 2.75) is 50.6 Å². The number of rotatable bonds is 3. The molecular weight excluding hydrogens is 208 g/mol. The summed E-state index contributed by atoms with van der Waals surface area (Å²) in [6, 6.07) is 0.422. The second-order valence-electron chi connectivity index (χ2n) is 4.78. The van der Waals surface area contributed by atoms with Gasteiger partial charge in [-0.25, -0.2) is 4.79 Å². The standard InChI is InChI=1S/C11H18N2O3/c14-10(15)7-1-3-8(4-2-7)12-11(16)13-9-5-6-9/h7-9H,1-6H2,(H,14,15)(H2,12,13,16). The Morgan fingerprint density at radius 3 is 1.69 bits per heavy atom. The first kappa shape index (κ1) is 11.2. The van der Waals surface area contributed by atoms with Gasteiger partial charge >= 0.3 is 12.0 Å². The van der Waals surface area contributed by atoms with Crippen LogP contribution in [0.3, 0.4) is 0 Å². The summed E-state index contributed by atoms with van der Waals surface area (Å²) in [5.41, 5.74) is 0. The van der Waals surface area contributed by atoms with Gasteiger partial charge in [0.05, 0.1) is 5.92 Å². The molecule has 0 unspecified atom stereocenters. The van der Waals surface area contributed by atoms with Gasteiger partial charge in [-0.2, -0.15) is 0 Å². The number of carbonyl (C=O) groups excluding carboxylic acids is 1. The van der Waals surface area contributed by atoms with Crippen LogP contribution in [0, 0.1) is 5.92 Å². The van der Waals surface area contributed by atoms with Gasteiger partial charge in [-0.1, -0.05) is 0 Å². The van der Waals surface area contributed by atoms with Crippen LogP contribution in [0.1, 0.15) is 38.5 Å². The number of nitrogens with one attached hydrogen (secondary N) is 2. The van der Waals surface area contributed by atoms with Crippen molar-refractivity contribution >= 4 is 12.0 Å². The van der Waals surface area contributed by atoms with Crippen molar-refractivity contribution in [2.75, 3.05) is 0 Å². The highest BCUT2D eigenvalue weighted by molar-refractivity contribution is 5.75. The molecule has 90 valence electrons. The van der Waals surface area contributed by atoms with Gasteiger partial charge in [-0.3, -0.25) is 4.79 Å². The second-order valence-corrected chi connectivity index (χ2v) is 4.78. The molecule has 5 nitrogen and oxygen atoms in total. The summed E-state index contributed by atoms with van der Waals surface area (Å²) in [5, 5.41) is 14.6. The van der Waals surface area contributed by atoms with Gasteiger partial charge in [0.2, 0.25) is 0 Å². The highest BCUT2D eigenvalue weighted by Crippen LogP contribution is 2.24. The molecule has 3 N–H and O–H groups in total. The molecule has 2 aliphatic rings. The number of aliphatic carboxylic acids is 1. The summed E-state index contributed by atoms with van der Waals surface area (Å²) < 4.78 is 0. The van der Waals surface area contributed by atoms with Gasteiger partial charge in [0.1, 0.15) is 0 Å². The van der Waals surface area contributed by atoms with Gasteiger partial charge in [-0.15, -0.1) is 0 Å². The van der Waals surface area contributed by atoms with Crippen LogP contribution in [0.15, 0.2) is 0 Å². The lowest BCUT2D eigenvalue weighted by atomic mass is 9.86. The van der Waals surface area contributed by atoms with E-state index in [2.05, 4.69) is 10.6 Å². The van der Waals surface area contributed by atoms with E-state index in [1.165, 1.54) is 0 Å². The van der Waals surface area contributed by atoms with Gasteiger partial charge in [0, 0.05) is 12.1 Å². The van der Waals surface area contributed by atoms with Crippen molar-refractivity contribution < 1.29 is 14.7 Å². The lowest BCUT2D eigenvalue weighted by molar-refractivity contribution is -0.142.